The van der Waals surface area contributed by atoms with E-state index in [9.17, 15) is 4.79 Å². The number of benzene rings is 1. The van der Waals surface area contributed by atoms with Gasteiger partial charge in [0.05, 0.1) is 10.0 Å². The minimum Gasteiger partial charge on any atom is -0.312 e. The van der Waals surface area contributed by atoms with Crippen LogP contribution in [0, 0.1) is 5.92 Å². The minimum atomic E-state index is 0.123. The van der Waals surface area contributed by atoms with Gasteiger partial charge in [-0.05, 0) is 29.9 Å². The van der Waals surface area contributed by atoms with Crippen LogP contribution in [0.4, 0.5) is 5.69 Å². The first kappa shape index (κ1) is 12.1. The first-order valence-corrected chi connectivity index (χ1v) is 6.37. The van der Waals surface area contributed by atoms with Gasteiger partial charge >= 0.3 is 0 Å². The van der Waals surface area contributed by atoms with E-state index < -0.39 is 0 Å². The summed E-state index contributed by atoms with van der Waals surface area (Å²) < 4.78 is 0. The molecule has 1 amide bonds. The highest BCUT2D eigenvalue weighted by Crippen LogP contribution is 2.31. The topological polar surface area (TPSA) is 20.3 Å². The van der Waals surface area contributed by atoms with Gasteiger partial charge in [-0.2, -0.15) is 12.6 Å². The summed E-state index contributed by atoms with van der Waals surface area (Å²) in [5, 5.41) is 0.976. The molecule has 0 bridgehead atoms. The number of hydrogen-bond acceptors (Lipinski definition) is 2. The maximum atomic E-state index is 11.8. The molecule has 0 saturated carbocycles. The number of amides is 1. The van der Waals surface area contributed by atoms with Crippen molar-refractivity contribution in [2.45, 2.75) is 6.42 Å². The number of hydrogen-bond donors (Lipinski definition) is 1. The molecule has 5 heteroatoms. The quantitative estimate of drug-likeness (QED) is 0.822. The summed E-state index contributed by atoms with van der Waals surface area (Å²) in [7, 11) is 0. The highest BCUT2D eigenvalue weighted by atomic mass is 35.5. The van der Waals surface area contributed by atoms with E-state index >= 15 is 0 Å². The van der Waals surface area contributed by atoms with Crippen molar-refractivity contribution >= 4 is 47.4 Å². The molecule has 1 atom stereocenters. The van der Waals surface area contributed by atoms with E-state index in [4.69, 9.17) is 23.2 Å². The second-order valence-corrected chi connectivity index (χ2v) is 5.04. The smallest absolute Gasteiger partial charge is 0.227 e. The molecular formula is C11H11Cl2NOS. The van der Waals surface area contributed by atoms with Crippen molar-refractivity contribution in [2.24, 2.45) is 5.92 Å². The van der Waals surface area contributed by atoms with Crippen molar-refractivity contribution in [2.75, 3.05) is 17.2 Å². The van der Waals surface area contributed by atoms with Gasteiger partial charge in [0.2, 0.25) is 5.91 Å². The molecule has 0 N–H and O–H groups in total. The van der Waals surface area contributed by atoms with E-state index in [1.807, 2.05) is 6.07 Å². The van der Waals surface area contributed by atoms with E-state index in [2.05, 4.69) is 12.6 Å². The fourth-order valence-electron chi connectivity index (χ4n) is 1.81. The Kier molecular flexibility index (Phi) is 3.67. The third kappa shape index (κ3) is 2.31. The van der Waals surface area contributed by atoms with Crippen molar-refractivity contribution in [1.82, 2.24) is 0 Å². The minimum absolute atomic E-state index is 0.123. The lowest BCUT2D eigenvalue weighted by Crippen LogP contribution is -2.24. The summed E-state index contributed by atoms with van der Waals surface area (Å²) in [6, 6.07) is 5.25. The van der Waals surface area contributed by atoms with Gasteiger partial charge in [-0.1, -0.05) is 23.2 Å². The second-order valence-electron chi connectivity index (χ2n) is 3.86. The molecule has 1 unspecified atom stereocenters. The van der Waals surface area contributed by atoms with Crippen LogP contribution in [-0.4, -0.2) is 18.2 Å². The van der Waals surface area contributed by atoms with Crippen molar-refractivity contribution < 1.29 is 4.79 Å². The third-order valence-electron chi connectivity index (χ3n) is 2.68. The van der Waals surface area contributed by atoms with Crippen LogP contribution in [0.25, 0.3) is 0 Å². The highest BCUT2D eigenvalue weighted by molar-refractivity contribution is 7.80. The molecule has 86 valence electrons. The summed E-state index contributed by atoms with van der Waals surface area (Å²) in [5.41, 5.74) is 0.809. The van der Waals surface area contributed by atoms with Crippen molar-refractivity contribution in [1.29, 1.82) is 0 Å². The molecule has 0 radical (unpaired) electrons. The molecule has 1 saturated heterocycles. The molecule has 0 aromatic heterocycles. The Morgan fingerprint density at radius 1 is 1.38 bits per heavy atom. The van der Waals surface area contributed by atoms with Gasteiger partial charge in [-0.15, -0.1) is 0 Å². The molecule has 1 aromatic rings. The summed E-state index contributed by atoms with van der Waals surface area (Å²) in [5.74, 6) is 1.17. The van der Waals surface area contributed by atoms with Crippen LogP contribution >= 0.6 is 35.8 Å². The van der Waals surface area contributed by atoms with Gasteiger partial charge in [0.1, 0.15) is 0 Å². The lowest BCUT2D eigenvalue weighted by Gasteiger charge is -2.16. The Morgan fingerprint density at radius 3 is 2.69 bits per heavy atom. The molecule has 2 rings (SSSR count). The number of nitrogens with zero attached hydrogens (tertiary/aromatic N) is 1. The van der Waals surface area contributed by atoms with Crippen molar-refractivity contribution in [3.8, 4) is 0 Å². The molecule has 2 nitrogen and oxygen atoms in total. The molecule has 1 heterocycles. The Labute approximate surface area is 110 Å². The number of thiol groups is 1. The Balaban J connectivity index is 2.24. The molecular weight excluding hydrogens is 265 g/mol. The zero-order valence-electron chi connectivity index (χ0n) is 8.49. The maximum Gasteiger partial charge on any atom is 0.227 e. The van der Waals surface area contributed by atoms with E-state index in [1.165, 1.54) is 0 Å². The standard InChI is InChI=1S/C11H11Cl2NOS/c12-9-2-1-8(4-10(9)13)14-5-7(6-16)3-11(14)15/h1-2,4,7,16H,3,5-6H2. The number of rotatable bonds is 2. The molecule has 0 aliphatic carbocycles. The highest BCUT2D eigenvalue weighted by Gasteiger charge is 2.29. The number of halogens is 2. The second kappa shape index (κ2) is 4.86. The Morgan fingerprint density at radius 2 is 2.12 bits per heavy atom. The number of carbonyl (C=O) groups excluding carboxylic acids is 1. The van der Waals surface area contributed by atoms with Crippen molar-refractivity contribution in [3.63, 3.8) is 0 Å². The van der Waals surface area contributed by atoms with E-state index in [0.29, 0.717) is 28.9 Å². The van der Waals surface area contributed by atoms with Crippen LogP contribution < -0.4 is 4.90 Å². The molecule has 1 aromatic carbocycles. The first-order chi connectivity index (χ1) is 7.61. The van der Waals surface area contributed by atoms with Gasteiger partial charge in [0.15, 0.2) is 0 Å². The zero-order valence-corrected chi connectivity index (χ0v) is 10.9. The Hall–Kier alpha value is -0.380. The molecule has 16 heavy (non-hydrogen) atoms. The van der Waals surface area contributed by atoms with E-state index in [-0.39, 0.29) is 5.91 Å². The lowest BCUT2D eigenvalue weighted by molar-refractivity contribution is -0.117. The average molecular weight is 276 g/mol. The monoisotopic (exact) mass is 275 g/mol. The molecule has 1 aliphatic rings. The number of anilines is 1. The normalized spacial score (nSPS) is 20.6. The number of carbonyl (C=O) groups is 1. The Bertz CT molecular complexity index is 424. The summed E-state index contributed by atoms with van der Waals surface area (Å²) >= 11 is 16.0. The van der Waals surface area contributed by atoms with Crippen LogP contribution in [0.1, 0.15) is 6.42 Å². The lowest BCUT2D eigenvalue weighted by atomic mass is 10.1. The van der Waals surface area contributed by atoms with Crippen LogP contribution in [0.3, 0.4) is 0 Å². The van der Waals surface area contributed by atoms with Crippen molar-refractivity contribution in [3.05, 3.63) is 28.2 Å². The fourth-order valence-corrected chi connectivity index (χ4v) is 2.34. The van der Waals surface area contributed by atoms with Gasteiger partial charge in [-0.3, -0.25) is 4.79 Å². The average Bonchev–Trinajstić information content (AvgIpc) is 2.64. The first-order valence-electron chi connectivity index (χ1n) is 4.98. The largest absolute Gasteiger partial charge is 0.312 e. The summed E-state index contributed by atoms with van der Waals surface area (Å²) in [6.45, 7) is 0.709. The van der Waals surface area contributed by atoms with Crippen LogP contribution in [0.2, 0.25) is 10.0 Å². The predicted molar refractivity (Wildman–Crippen MR) is 70.8 cm³/mol. The summed E-state index contributed by atoms with van der Waals surface area (Å²) in [6.07, 6.45) is 0.559. The van der Waals surface area contributed by atoms with Crippen LogP contribution in [0.5, 0.6) is 0 Å². The molecule has 1 aliphatic heterocycles. The SMILES string of the molecule is O=C1CC(CS)CN1c1ccc(Cl)c(Cl)c1. The van der Waals surface area contributed by atoms with E-state index in [1.54, 1.807) is 17.0 Å². The molecule has 0 spiro atoms. The van der Waals surface area contributed by atoms with Gasteiger partial charge < -0.3 is 4.90 Å². The fraction of sp³-hybridized carbons (Fsp3) is 0.364. The maximum absolute atomic E-state index is 11.8. The van der Waals surface area contributed by atoms with Gasteiger partial charge in [-0.25, -0.2) is 0 Å². The summed E-state index contributed by atoms with van der Waals surface area (Å²) in [4.78, 5) is 13.5. The third-order valence-corrected chi connectivity index (χ3v) is 3.93. The predicted octanol–water partition coefficient (Wildman–Crippen LogP) is 3.28. The van der Waals surface area contributed by atoms with Gasteiger partial charge in [0.25, 0.3) is 0 Å². The zero-order chi connectivity index (χ0) is 11.7. The van der Waals surface area contributed by atoms with E-state index in [0.717, 1.165) is 11.4 Å². The molecule has 1 fully saturated rings. The van der Waals surface area contributed by atoms with Crippen LogP contribution in [-0.2, 0) is 4.79 Å². The van der Waals surface area contributed by atoms with Crippen LogP contribution in [0.15, 0.2) is 18.2 Å². The van der Waals surface area contributed by atoms with Gasteiger partial charge in [0, 0.05) is 18.7 Å².